The number of rotatable bonds is 4. The van der Waals surface area contributed by atoms with E-state index in [1.165, 1.54) is 5.56 Å². The molecule has 2 heterocycles. The molecule has 1 aliphatic rings. The minimum atomic E-state index is -0.254. The maximum atomic E-state index is 12.4. The molecule has 2 aromatic carbocycles. The standard InChI is InChI=1S/C21H19N3O3/c1-13-3-6-17(14(2)9-13)23-16-5-8-20(22-11-16)24-21(25)15-4-7-18-19(10-15)27-12-26-18/h3-11,23H,12H2,1-2H3,(H,22,24,25). The molecule has 2 N–H and O–H groups in total. The predicted octanol–water partition coefficient (Wildman–Crippen LogP) is 4.42. The third-order valence-corrected chi connectivity index (χ3v) is 4.30. The molecule has 0 bridgehead atoms. The fraction of sp³-hybridized carbons (Fsp3) is 0.143. The number of hydrogen-bond donors (Lipinski definition) is 2. The molecule has 6 nitrogen and oxygen atoms in total. The number of benzene rings is 2. The van der Waals surface area contributed by atoms with Crippen molar-refractivity contribution in [3.63, 3.8) is 0 Å². The van der Waals surface area contributed by atoms with E-state index < -0.39 is 0 Å². The minimum Gasteiger partial charge on any atom is -0.454 e. The summed E-state index contributed by atoms with van der Waals surface area (Å²) in [5.74, 6) is 1.44. The maximum absolute atomic E-state index is 12.4. The van der Waals surface area contributed by atoms with Gasteiger partial charge in [-0.05, 0) is 55.8 Å². The molecule has 0 unspecified atom stereocenters. The molecule has 0 atom stereocenters. The summed E-state index contributed by atoms with van der Waals surface area (Å²) in [5, 5.41) is 6.12. The summed E-state index contributed by atoms with van der Waals surface area (Å²) < 4.78 is 10.6. The molecule has 6 heteroatoms. The van der Waals surface area contributed by atoms with Crippen LogP contribution in [0.25, 0.3) is 0 Å². The van der Waals surface area contributed by atoms with E-state index in [0.717, 1.165) is 16.9 Å². The fourth-order valence-electron chi connectivity index (χ4n) is 2.88. The van der Waals surface area contributed by atoms with Gasteiger partial charge >= 0.3 is 0 Å². The number of amides is 1. The van der Waals surface area contributed by atoms with Crippen molar-refractivity contribution in [1.82, 2.24) is 4.98 Å². The number of fused-ring (bicyclic) bond motifs is 1. The van der Waals surface area contributed by atoms with Gasteiger partial charge in [-0.15, -0.1) is 0 Å². The molecule has 0 spiro atoms. The fourth-order valence-corrected chi connectivity index (χ4v) is 2.88. The van der Waals surface area contributed by atoms with Crippen molar-refractivity contribution in [2.75, 3.05) is 17.4 Å². The number of aryl methyl sites for hydroxylation is 2. The summed E-state index contributed by atoms with van der Waals surface area (Å²) in [6, 6.07) is 14.9. The Bertz CT molecular complexity index is 1000. The number of aromatic nitrogens is 1. The number of nitrogens with zero attached hydrogens (tertiary/aromatic N) is 1. The zero-order valence-corrected chi connectivity index (χ0v) is 15.1. The van der Waals surface area contributed by atoms with Crippen molar-refractivity contribution in [2.45, 2.75) is 13.8 Å². The molecule has 27 heavy (non-hydrogen) atoms. The van der Waals surface area contributed by atoms with Crippen LogP contribution in [0.15, 0.2) is 54.7 Å². The number of nitrogens with one attached hydrogen (secondary N) is 2. The second kappa shape index (κ2) is 6.99. The number of ether oxygens (including phenoxy) is 2. The second-order valence-corrected chi connectivity index (χ2v) is 6.40. The van der Waals surface area contributed by atoms with Crippen molar-refractivity contribution < 1.29 is 14.3 Å². The summed E-state index contributed by atoms with van der Waals surface area (Å²) >= 11 is 0. The average Bonchev–Trinajstić information content (AvgIpc) is 3.13. The summed E-state index contributed by atoms with van der Waals surface area (Å²) in [5.41, 5.74) is 4.74. The van der Waals surface area contributed by atoms with E-state index >= 15 is 0 Å². The van der Waals surface area contributed by atoms with Crippen LogP contribution in [0.3, 0.4) is 0 Å². The van der Waals surface area contributed by atoms with Crippen molar-refractivity contribution in [2.24, 2.45) is 0 Å². The Kier molecular flexibility index (Phi) is 4.38. The first-order valence-corrected chi connectivity index (χ1v) is 8.60. The van der Waals surface area contributed by atoms with Gasteiger partial charge < -0.3 is 20.1 Å². The summed E-state index contributed by atoms with van der Waals surface area (Å²) in [6.07, 6.45) is 1.69. The van der Waals surface area contributed by atoms with Gasteiger partial charge in [0.05, 0.1) is 11.9 Å². The average molecular weight is 361 g/mol. The van der Waals surface area contributed by atoms with E-state index in [9.17, 15) is 4.79 Å². The smallest absolute Gasteiger partial charge is 0.256 e. The van der Waals surface area contributed by atoms with Gasteiger partial charge in [-0.1, -0.05) is 17.7 Å². The van der Waals surface area contributed by atoms with Gasteiger partial charge in [0.1, 0.15) is 5.82 Å². The van der Waals surface area contributed by atoms with Crippen LogP contribution in [0.1, 0.15) is 21.5 Å². The molecular formula is C21H19N3O3. The number of carbonyl (C=O) groups excluding carboxylic acids is 1. The van der Waals surface area contributed by atoms with Crippen molar-refractivity contribution >= 4 is 23.1 Å². The van der Waals surface area contributed by atoms with Crippen LogP contribution in [-0.4, -0.2) is 17.7 Å². The summed E-state index contributed by atoms with van der Waals surface area (Å²) in [4.78, 5) is 16.7. The normalized spacial score (nSPS) is 11.9. The van der Waals surface area contributed by atoms with Crippen molar-refractivity contribution in [3.8, 4) is 11.5 Å². The van der Waals surface area contributed by atoms with Crippen LogP contribution in [-0.2, 0) is 0 Å². The van der Waals surface area contributed by atoms with E-state index in [0.29, 0.717) is 22.9 Å². The molecule has 1 aliphatic heterocycles. The molecule has 0 saturated carbocycles. The van der Waals surface area contributed by atoms with Crippen LogP contribution in [0, 0.1) is 13.8 Å². The minimum absolute atomic E-state index is 0.177. The SMILES string of the molecule is Cc1ccc(Nc2ccc(NC(=O)c3ccc4c(c3)OCO4)nc2)c(C)c1. The second-order valence-electron chi connectivity index (χ2n) is 6.40. The molecule has 0 radical (unpaired) electrons. The Hall–Kier alpha value is -3.54. The van der Waals surface area contributed by atoms with E-state index in [4.69, 9.17) is 9.47 Å². The Balaban J connectivity index is 1.43. The lowest BCUT2D eigenvalue weighted by Gasteiger charge is -2.11. The quantitative estimate of drug-likeness (QED) is 0.719. The van der Waals surface area contributed by atoms with Gasteiger partial charge in [0, 0.05) is 11.3 Å². The molecule has 4 rings (SSSR count). The van der Waals surface area contributed by atoms with Crippen molar-refractivity contribution in [1.29, 1.82) is 0 Å². The van der Waals surface area contributed by atoms with Crippen LogP contribution >= 0.6 is 0 Å². The third kappa shape index (κ3) is 3.69. The van der Waals surface area contributed by atoms with E-state index in [2.05, 4.69) is 41.6 Å². The summed E-state index contributed by atoms with van der Waals surface area (Å²) in [6.45, 7) is 4.30. The Labute approximate surface area is 157 Å². The number of carbonyl (C=O) groups is 1. The zero-order chi connectivity index (χ0) is 18.8. The lowest BCUT2D eigenvalue weighted by Crippen LogP contribution is -2.12. The molecule has 3 aromatic rings. The van der Waals surface area contributed by atoms with Gasteiger partial charge in [-0.2, -0.15) is 0 Å². The number of pyridine rings is 1. The van der Waals surface area contributed by atoms with Crippen LogP contribution < -0.4 is 20.1 Å². The molecule has 136 valence electrons. The number of anilines is 3. The highest BCUT2D eigenvalue weighted by Gasteiger charge is 2.16. The molecule has 1 amide bonds. The highest BCUT2D eigenvalue weighted by molar-refractivity contribution is 6.04. The van der Waals surface area contributed by atoms with Crippen LogP contribution in [0.2, 0.25) is 0 Å². The van der Waals surface area contributed by atoms with Crippen LogP contribution in [0.4, 0.5) is 17.2 Å². The van der Waals surface area contributed by atoms with Gasteiger partial charge in [0.2, 0.25) is 6.79 Å². The first-order valence-electron chi connectivity index (χ1n) is 8.60. The zero-order valence-electron chi connectivity index (χ0n) is 15.1. The first kappa shape index (κ1) is 16.9. The third-order valence-electron chi connectivity index (χ3n) is 4.30. The van der Waals surface area contributed by atoms with E-state index in [1.54, 1.807) is 30.5 Å². The molecular weight excluding hydrogens is 342 g/mol. The monoisotopic (exact) mass is 361 g/mol. The Morgan fingerprint density at radius 3 is 2.63 bits per heavy atom. The van der Waals surface area contributed by atoms with Crippen molar-refractivity contribution in [3.05, 3.63) is 71.4 Å². The highest BCUT2D eigenvalue weighted by Crippen LogP contribution is 2.32. The lowest BCUT2D eigenvalue weighted by molar-refractivity contribution is 0.102. The van der Waals surface area contributed by atoms with Gasteiger partial charge in [-0.25, -0.2) is 4.98 Å². The molecule has 0 fully saturated rings. The highest BCUT2D eigenvalue weighted by atomic mass is 16.7. The molecule has 1 aromatic heterocycles. The summed E-state index contributed by atoms with van der Waals surface area (Å²) in [7, 11) is 0. The Morgan fingerprint density at radius 2 is 1.85 bits per heavy atom. The first-order chi connectivity index (χ1) is 13.1. The van der Waals surface area contributed by atoms with Gasteiger partial charge in [0.15, 0.2) is 11.5 Å². The van der Waals surface area contributed by atoms with Gasteiger partial charge in [0.25, 0.3) is 5.91 Å². The Morgan fingerprint density at radius 1 is 1.00 bits per heavy atom. The van der Waals surface area contributed by atoms with E-state index in [1.807, 2.05) is 12.1 Å². The van der Waals surface area contributed by atoms with Gasteiger partial charge in [-0.3, -0.25) is 4.79 Å². The molecule has 0 aliphatic carbocycles. The van der Waals surface area contributed by atoms with Crippen LogP contribution in [0.5, 0.6) is 11.5 Å². The molecule has 0 saturated heterocycles. The largest absolute Gasteiger partial charge is 0.454 e. The number of hydrogen-bond acceptors (Lipinski definition) is 5. The topological polar surface area (TPSA) is 72.5 Å². The maximum Gasteiger partial charge on any atom is 0.256 e. The van der Waals surface area contributed by atoms with E-state index in [-0.39, 0.29) is 12.7 Å². The lowest BCUT2D eigenvalue weighted by atomic mass is 10.1. The predicted molar refractivity (Wildman–Crippen MR) is 104 cm³/mol.